The molecule has 2 aromatic rings. The van der Waals surface area contributed by atoms with Gasteiger partial charge in [-0.3, -0.25) is 0 Å². The van der Waals surface area contributed by atoms with Crippen LogP contribution in [-0.2, 0) is 0 Å². The molecule has 0 amide bonds. The minimum absolute atomic E-state index is 0.0221. The molecule has 0 saturated heterocycles. The topological polar surface area (TPSA) is 35.5 Å². The molecule has 0 aliphatic carbocycles. The number of hydrogen-bond acceptors (Lipinski definition) is 3. The van der Waals surface area contributed by atoms with Gasteiger partial charge in [0.05, 0.1) is 11.7 Å². The third-order valence-corrected chi connectivity index (χ3v) is 2.67. The first-order chi connectivity index (χ1) is 9.56. The van der Waals surface area contributed by atoms with E-state index in [1.807, 2.05) is 45.0 Å². The normalized spacial score (nSPS) is 10.4. The second kappa shape index (κ2) is 6.24. The van der Waals surface area contributed by atoms with Crippen molar-refractivity contribution in [3.8, 4) is 11.5 Å². The van der Waals surface area contributed by atoms with Crippen LogP contribution in [0, 0.1) is 6.92 Å². The molecule has 104 valence electrons. The number of benzene rings is 2. The zero-order chi connectivity index (χ0) is 14.5. The van der Waals surface area contributed by atoms with Crippen LogP contribution in [0.3, 0.4) is 0 Å². The minimum Gasteiger partial charge on any atom is -0.487 e. The average molecular weight is 270 g/mol. The first kappa shape index (κ1) is 14.1. The molecular weight excluding hydrogens is 252 g/mol. The SMILES string of the molecule is Cc1cccc(C(=O)Oc2ccccc2OC(C)C)c1. The summed E-state index contributed by atoms with van der Waals surface area (Å²) in [4.78, 5) is 12.1. The quantitative estimate of drug-likeness (QED) is 0.622. The maximum atomic E-state index is 12.1. The van der Waals surface area contributed by atoms with E-state index in [9.17, 15) is 4.79 Å². The van der Waals surface area contributed by atoms with Crippen LogP contribution < -0.4 is 9.47 Å². The van der Waals surface area contributed by atoms with Crippen LogP contribution in [-0.4, -0.2) is 12.1 Å². The molecule has 0 aromatic heterocycles. The molecule has 0 N–H and O–H groups in total. The van der Waals surface area contributed by atoms with E-state index >= 15 is 0 Å². The van der Waals surface area contributed by atoms with Crippen molar-refractivity contribution in [2.45, 2.75) is 26.9 Å². The van der Waals surface area contributed by atoms with Crippen molar-refractivity contribution in [3.05, 3.63) is 59.7 Å². The van der Waals surface area contributed by atoms with E-state index in [4.69, 9.17) is 9.47 Å². The molecule has 0 unspecified atom stereocenters. The van der Waals surface area contributed by atoms with E-state index in [1.54, 1.807) is 24.3 Å². The van der Waals surface area contributed by atoms with Gasteiger partial charge in [0.15, 0.2) is 11.5 Å². The summed E-state index contributed by atoms with van der Waals surface area (Å²) in [5, 5.41) is 0. The second-order valence-electron chi connectivity index (χ2n) is 4.87. The first-order valence-electron chi connectivity index (χ1n) is 6.61. The lowest BCUT2D eigenvalue weighted by Crippen LogP contribution is -2.11. The average Bonchev–Trinajstić information content (AvgIpc) is 2.40. The van der Waals surface area contributed by atoms with Gasteiger partial charge in [-0.1, -0.05) is 29.8 Å². The van der Waals surface area contributed by atoms with Gasteiger partial charge in [0.2, 0.25) is 0 Å². The summed E-state index contributed by atoms with van der Waals surface area (Å²) in [7, 11) is 0. The molecule has 0 fully saturated rings. The highest BCUT2D eigenvalue weighted by atomic mass is 16.6. The fourth-order valence-electron chi connectivity index (χ4n) is 1.82. The summed E-state index contributed by atoms with van der Waals surface area (Å²) in [5.74, 6) is 0.629. The monoisotopic (exact) mass is 270 g/mol. The van der Waals surface area contributed by atoms with Crippen molar-refractivity contribution in [2.75, 3.05) is 0 Å². The van der Waals surface area contributed by atoms with Gasteiger partial charge in [-0.2, -0.15) is 0 Å². The van der Waals surface area contributed by atoms with Crippen LogP contribution in [0.15, 0.2) is 48.5 Å². The lowest BCUT2D eigenvalue weighted by atomic mass is 10.1. The Hall–Kier alpha value is -2.29. The Morgan fingerprint density at radius 3 is 2.35 bits per heavy atom. The van der Waals surface area contributed by atoms with Crippen molar-refractivity contribution in [2.24, 2.45) is 0 Å². The predicted molar refractivity (Wildman–Crippen MR) is 78.3 cm³/mol. The molecule has 0 aliphatic heterocycles. The Balaban J connectivity index is 2.19. The van der Waals surface area contributed by atoms with E-state index in [0.29, 0.717) is 17.1 Å². The van der Waals surface area contributed by atoms with Crippen molar-refractivity contribution in [1.82, 2.24) is 0 Å². The van der Waals surface area contributed by atoms with Gasteiger partial charge >= 0.3 is 5.97 Å². The summed E-state index contributed by atoms with van der Waals surface area (Å²) in [6, 6.07) is 14.5. The highest BCUT2D eigenvalue weighted by molar-refractivity contribution is 5.91. The molecule has 3 nitrogen and oxygen atoms in total. The lowest BCUT2D eigenvalue weighted by molar-refractivity contribution is 0.0725. The molecule has 2 rings (SSSR count). The predicted octanol–water partition coefficient (Wildman–Crippen LogP) is 4.00. The molecule has 0 saturated carbocycles. The van der Waals surface area contributed by atoms with E-state index < -0.39 is 0 Å². The smallest absolute Gasteiger partial charge is 0.343 e. The molecule has 0 bridgehead atoms. The number of carbonyl (C=O) groups is 1. The van der Waals surface area contributed by atoms with Crippen LogP contribution in [0.4, 0.5) is 0 Å². The van der Waals surface area contributed by atoms with Crippen molar-refractivity contribution in [1.29, 1.82) is 0 Å². The number of carbonyl (C=O) groups excluding carboxylic acids is 1. The standard InChI is InChI=1S/C17H18O3/c1-12(2)19-15-9-4-5-10-16(15)20-17(18)14-8-6-7-13(3)11-14/h4-12H,1-3H3. The molecule has 0 spiro atoms. The maximum Gasteiger partial charge on any atom is 0.343 e. The lowest BCUT2D eigenvalue weighted by Gasteiger charge is -2.13. The van der Waals surface area contributed by atoms with Crippen LogP contribution in [0.2, 0.25) is 0 Å². The maximum absolute atomic E-state index is 12.1. The summed E-state index contributed by atoms with van der Waals surface area (Å²) in [6.45, 7) is 5.80. The van der Waals surface area contributed by atoms with Gasteiger partial charge in [-0.15, -0.1) is 0 Å². The Kier molecular flexibility index (Phi) is 4.41. The minimum atomic E-state index is -0.381. The number of hydrogen-bond donors (Lipinski definition) is 0. The fraction of sp³-hybridized carbons (Fsp3) is 0.235. The van der Waals surface area contributed by atoms with Gasteiger partial charge < -0.3 is 9.47 Å². The molecule has 0 heterocycles. The van der Waals surface area contributed by atoms with Crippen molar-refractivity contribution in [3.63, 3.8) is 0 Å². The number of rotatable bonds is 4. The number of esters is 1. The van der Waals surface area contributed by atoms with Gasteiger partial charge in [-0.05, 0) is 45.0 Å². The second-order valence-corrected chi connectivity index (χ2v) is 4.87. The third-order valence-electron chi connectivity index (χ3n) is 2.67. The van der Waals surface area contributed by atoms with Gasteiger partial charge in [0.25, 0.3) is 0 Å². The van der Waals surface area contributed by atoms with E-state index in [2.05, 4.69) is 0 Å². The highest BCUT2D eigenvalue weighted by Crippen LogP contribution is 2.28. The fourth-order valence-corrected chi connectivity index (χ4v) is 1.82. The Morgan fingerprint density at radius 1 is 1.00 bits per heavy atom. The van der Waals surface area contributed by atoms with Gasteiger partial charge in [0, 0.05) is 0 Å². The highest BCUT2D eigenvalue weighted by Gasteiger charge is 2.13. The number of para-hydroxylation sites is 2. The molecule has 0 radical (unpaired) electrons. The summed E-state index contributed by atoms with van der Waals surface area (Å²) in [6.07, 6.45) is 0.0221. The molecule has 3 heteroatoms. The van der Waals surface area contributed by atoms with Crippen molar-refractivity contribution >= 4 is 5.97 Å². The molecule has 0 atom stereocenters. The summed E-state index contributed by atoms with van der Waals surface area (Å²) in [5.41, 5.74) is 1.55. The zero-order valence-corrected chi connectivity index (χ0v) is 11.9. The van der Waals surface area contributed by atoms with Gasteiger partial charge in [-0.25, -0.2) is 4.79 Å². The Morgan fingerprint density at radius 2 is 1.70 bits per heavy atom. The number of aryl methyl sites for hydroxylation is 1. The van der Waals surface area contributed by atoms with Crippen LogP contribution in [0.25, 0.3) is 0 Å². The molecular formula is C17H18O3. The first-order valence-corrected chi connectivity index (χ1v) is 6.61. The summed E-state index contributed by atoms with van der Waals surface area (Å²) < 4.78 is 11.1. The Bertz CT molecular complexity index is 603. The van der Waals surface area contributed by atoms with Crippen molar-refractivity contribution < 1.29 is 14.3 Å². The van der Waals surface area contributed by atoms with E-state index in [0.717, 1.165) is 5.56 Å². The molecule has 20 heavy (non-hydrogen) atoms. The third kappa shape index (κ3) is 3.60. The van der Waals surface area contributed by atoms with Crippen LogP contribution in [0.5, 0.6) is 11.5 Å². The van der Waals surface area contributed by atoms with E-state index in [1.165, 1.54) is 0 Å². The van der Waals surface area contributed by atoms with Crippen LogP contribution >= 0.6 is 0 Å². The molecule has 2 aromatic carbocycles. The summed E-state index contributed by atoms with van der Waals surface area (Å²) >= 11 is 0. The largest absolute Gasteiger partial charge is 0.487 e. The van der Waals surface area contributed by atoms with Gasteiger partial charge in [0.1, 0.15) is 0 Å². The Labute approximate surface area is 119 Å². The van der Waals surface area contributed by atoms with Crippen LogP contribution in [0.1, 0.15) is 29.8 Å². The zero-order valence-electron chi connectivity index (χ0n) is 11.9. The molecule has 0 aliphatic rings. The number of ether oxygens (including phenoxy) is 2. The van der Waals surface area contributed by atoms with E-state index in [-0.39, 0.29) is 12.1 Å².